The zero-order valence-corrected chi connectivity index (χ0v) is 12.1. The van der Waals surface area contributed by atoms with Crippen molar-refractivity contribution in [2.75, 3.05) is 13.1 Å². The van der Waals surface area contributed by atoms with E-state index in [0.29, 0.717) is 17.1 Å². The van der Waals surface area contributed by atoms with Gasteiger partial charge in [0.25, 0.3) is 0 Å². The van der Waals surface area contributed by atoms with Gasteiger partial charge in [-0.15, -0.1) is 0 Å². The zero-order chi connectivity index (χ0) is 12.4. The molecule has 2 nitrogen and oxygen atoms in total. The normalized spacial score (nSPS) is 25.9. The summed E-state index contributed by atoms with van der Waals surface area (Å²) in [6.07, 6.45) is 3.77. The molecule has 0 aromatic rings. The molecule has 0 bridgehead atoms. The first-order chi connectivity index (χ1) is 7.33. The largest absolute Gasteiger partial charge is 0.314 e. The van der Waals surface area contributed by atoms with Crippen LogP contribution >= 0.6 is 0 Å². The second kappa shape index (κ2) is 5.05. The van der Waals surface area contributed by atoms with Crippen LogP contribution < -0.4 is 5.32 Å². The van der Waals surface area contributed by atoms with E-state index in [1.54, 1.807) is 0 Å². The highest BCUT2D eigenvalue weighted by Crippen LogP contribution is 2.37. The fraction of sp³-hybridized carbons (Fsp3) is 1.00. The summed E-state index contributed by atoms with van der Waals surface area (Å²) in [5.74, 6) is 0. The smallest absolute Gasteiger partial charge is 0.0173 e. The highest BCUT2D eigenvalue weighted by molar-refractivity contribution is 5.01. The minimum Gasteiger partial charge on any atom is -0.314 e. The third-order valence-corrected chi connectivity index (χ3v) is 3.95. The molecule has 1 aliphatic heterocycles. The molecule has 1 heterocycles. The fourth-order valence-corrected chi connectivity index (χ4v) is 3.67. The Kier molecular flexibility index (Phi) is 4.42. The van der Waals surface area contributed by atoms with E-state index in [2.05, 4.69) is 51.8 Å². The molecule has 2 heteroatoms. The lowest BCUT2D eigenvalue weighted by molar-refractivity contribution is -0.0361. The van der Waals surface area contributed by atoms with Crippen LogP contribution in [0, 0.1) is 0 Å². The molecule has 0 radical (unpaired) electrons. The first-order valence-electron chi connectivity index (χ1n) is 6.84. The van der Waals surface area contributed by atoms with Crippen LogP contribution in [0.4, 0.5) is 0 Å². The molecule has 1 fully saturated rings. The van der Waals surface area contributed by atoms with Crippen molar-refractivity contribution in [2.45, 2.75) is 77.9 Å². The molecule has 0 amide bonds. The fourth-order valence-electron chi connectivity index (χ4n) is 3.67. The summed E-state index contributed by atoms with van der Waals surface area (Å²) in [4.78, 5) is 2.66. The number of hydrogen-bond donors (Lipinski definition) is 1. The van der Waals surface area contributed by atoms with Crippen LogP contribution in [0.15, 0.2) is 0 Å². The van der Waals surface area contributed by atoms with Gasteiger partial charge in [0.1, 0.15) is 0 Å². The molecule has 0 unspecified atom stereocenters. The highest BCUT2D eigenvalue weighted by Gasteiger charge is 2.43. The number of nitrogens with one attached hydrogen (secondary N) is 1. The van der Waals surface area contributed by atoms with Gasteiger partial charge in [0.15, 0.2) is 0 Å². The van der Waals surface area contributed by atoms with E-state index in [0.717, 1.165) is 13.1 Å². The summed E-state index contributed by atoms with van der Waals surface area (Å²) < 4.78 is 0. The highest BCUT2D eigenvalue weighted by atomic mass is 15.3. The Morgan fingerprint density at radius 1 is 1.06 bits per heavy atom. The lowest BCUT2D eigenvalue weighted by atomic mass is 9.77. The van der Waals surface area contributed by atoms with E-state index in [4.69, 9.17) is 0 Å². The van der Waals surface area contributed by atoms with Gasteiger partial charge in [0.2, 0.25) is 0 Å². The van der Waals surface area contributed by atoms with Crippen molar-refractivity contribution in [3.8, 4) is 0 Å². The van der Waals surface area contributed by atoms with Crippen molar-refractivity contribution < 1.29 is 0 Å². The van der Waals surface area contributed by atoms with Gasteiger partial charge in [-0.25, -0.2) is 0 Å². The molecule has 1 aliphatic rings. The summed E-state index contributed by atoms with van der Waals surface area (Å²) in [7, 11) is 0. The van der Waals surface area contributed by atoms with E-state index in [1.807, 2.05) is 0 Å². The second-order valence-corrected chi connectivity index (χ2v) is 6.43. The van der Waals surface area contributed by atoms with Gasteiger partial charge in [0.05, 0.1) is 0 Å². The number of rotatable bonds is 4. The Bertz CT molecular complexity index is 203. The monoisotopic (exact) mass is 226 g/mol. The lowest BCUT2D eigenvalue weighted by Gasteiger charge is -2.55. The first kappa shape index (κ1) is 14.0. The summed E-state index contributed by atoms with van der Waals surface area (Å²) in [6.45, 7) is 16.4. The van der Waals surface area contributed by atoms with Crippen LogP contribution in [0.3, 0.4) is 0 Å². The average Bonchev–Trinajstić information content (AvgIpc) is 2.11. The first-order valence-corrected chi connectivity index (χ1v) is 6.84. The van der Waals surface area contributed by atoms with Crippen molar-refractivity contribution in [3.63, 3.8) is 0 Å². The van der Waals surface area contributed by atoms with Gasteiger partial charge < -0.3 is 5.32 Å². The number of nitrogens with zero attached hydrogens (tertiary/aromatic N) is 1. The minimum atomic E-state index is 0.321. The molecule has 0 spiro atoms. The molecule has 0 aromatic heterocycles. The van der Waals surface area contributed by atoms with Gasteiger partial charge in [-0.05, 0) is 60.0 Å². The lowest BCUT2D eigenvalue weighted by Crippen LogP contribution is -2.63. The molecule has 1 rings (SSSR count). The third-order valence-electron chi connectivity index (χ3n) is 3.95. The van der Waals surface area contributed by atoms with Gasteiger partial charge in [-0.1, -0.05) is 13.8 Å². The molecule has 16 heavy (non-hydrogen) atoms. The van der Waals surface area contributed by atoms with Crippen molar-refractivity contribution >= 4 is 0 Å². The SMILES string of the molecule is CCCNC1CC(C)(C)N(CC)C(C)(C)C1. The van der Waals surface area contributed by atoms with E-state index < -0.39 is 0 Å². The van der Waals surface area contributed by atoms with Crippen LogP contribution in [-0.2, 0) is 0 Å². The van der Waals surface area contributed by atoms with E-state index >= 15 is 0 Å². The Balaban J connectivity index is 2.72. The number of likely N-dealkylation sites (tertiary alicyclic amines) is 1. The Labute approximate surface area is 102 Å². The van der Waals surface area contributed by atoms with Gasteiger partial charge >= 0.3 is 0 Å². The Morgan fingerprint density at radius 3 is 1.94 bits per heavy atom. The van der Waals surface area contributed by atoms with Gasteiger partial charge in [-0.3, -0.25) is 4.90 Å². The van der Waals surface area contributed by atoms with Crippen molar-refractivity contribution in [3.05, 3.63) is 0 Å². The summed E-state index contributed by atoms with van der Waals surface area (Å²) in [6, 6.07) is 0.688. The predicted octanol–water partition coefficient (Wildman–Crippen LogP) is 3.03. The molecule has 1 N–H and O–H groups in total. The Morgan fingerprint density at radius 2 is 1.56 bits per heavy atom. The Hall–Kier alpha value is -0.0800. The van der Waals surface area contributed by atoms with Crippen LogP contribution in [0.25, 0.3) is 0 Å². The van der Waals surface area contributed by atoms with Gasteiger partial charge in [-0.2, -0.15) is 0 Å². The maximum Gasteiger partial charge on any atom is 0.0173 e. The van der Waals surface area contributed by atoms with Crippen molar-refractivity contribution in [1.29, 1.82) is 0 Å². The second-order valence-electron chi connectivity index (χ2n) is 6.43. The minimum absolute atomic E-state index is 0.321. The van der Waals surface area contributed by atoms with Crippen LogP contribution in [0.2, 0.25) is 0 Å². The quantitative estimate of drug-likeness (QED) is 0.792. The van der Waals surface area contributed by atoms with Crippen LogP contribution in [-0.4, -0.2) is 35.1 Å². The maximum atomic E-state index is 3.70. The number of piperidine rings is 1. The molecule has 0 atom stereocenters. The number of hydrogen-bond acceptors (Lipinski definition) is 2. The average molecular weight is 226 g/mol. The summed E-state index contributed by atoms with van der Waals surface area (Å²) in [5.41, 5.74) is 0.643. The van der Waals surface area contributed by atoms with E-state index in [1.165, 1.54) is 19.3 Å². The van der Waals surface area contributed by atoms with Gasteiger partial charge in [0, 0.05) is 17.1 Å². The topological polar surface area (TPSA) is 15.3 Å². The van der Waals surface area contributed by atoms with E-state index in [-0.39, 0.29) is 0 Å². The summed E-state index contributed by atoms with van der Waals surface area (Å²) in [5, 5.41) is 3.70. The van der Waals surface area contributed by atoms with Crippen LogP contribution in [0.1, 0.15) is 60.8 Å². The third kappa shape index (κ3) is 2.98. The van der Waals surface area contributed by atoms with E-state index in [9.17, 15) is 0 Å². The molecular formula is C14H30N2. The molecular weight excluding hydrogens is 196 g/mol. The predicted molar refractivity (Wildman–Crippen MR) is 71.9 cm³/mol. The van der Waals surface area contributed by atoms with Crippen molar-refractivity contribution in [2.24, 2.45) is 0 Å². The standard InChI is InChI=1S/C14H30N2/c1-7-9-15-12-10-13(3,4)16(8-2)14(5,6)11-12/h12,15H,7-11H2,1-6H3. The van der Waals surface area contributed by atoms with Crippen LogP contribution in [0.5, 0.6) is 0 Å². The molecule has 0 aliphatic carbocycles. The molecule has 1 saturated heterocycles. The van der Waals surface area contributed by atoms with Crippen molar-refractivity contribution in [1.82, 2.24) is 10.2 Å². The maximum absolute atomic E-state index is 3.70. The summed E-state index contributed by atoms with van der Waals surface area (Å²) >= 11 is 0. The molecule has 0 aromatic carbocycles. The molecule has 0 saturated carbocycles. The zero-order valence-electron chi connectivity index (χ0n) is 12.1. The molecule has 96 valence electrons.